The van der Waals surface area contributed by atoms with Crippen molar-refractivity contribution in [3.8, 4) is 11.9 Å². The number of pyridine rings is 1. The standard InChI is InChI=1S/C27H37ClN5O6/c1-22(39-27(34)38-20-19-36-18-17-35-2)32-14-11-24(12-15-32)33(26(30)31-21-29)13-5-3-4-6-16-37-25-9-7-23(28)8-10-25/h7-12,14-15,22H,3-6,13,16-20H2,1-2H3,(H2,30,31)/q+1. The molecule has 11 nitrogen and oxygen atoms in total. The lowest BCUT2D eigenvalue weighted by Crippen LogP contribution is -2.41. The molecule has 0 saturated carbocycles. The fraction of sp³-hybridized carbons (Fsp3) is 0.481. The van der Waals surface area contributed by atoms with E-state index in [0.717, 1.165) is 37.1 Å². The van der Waals surface area contributed by atoms with Crippen molar-refractivity contribution in [3.63, 3.8) is 0 Å². The number of carbonyl (C=O) groups excluding carboxylic acids is 1. The van der Waals surface area contributed by atoms with Crippen LogP contribution in [-0.4, -0.2) is 58.8 Å². The predicted molar refractivity (Wildman–Crippen MR) is 146 cm³/mol. The average molecular weight is 563 g/mol. The maximum Gasteiger partial charge on any atom is 0.513 e. The molecule has 0 fully saturated rings. The monoisotopic (exact) mass is 562 g/mol. The largest absolute Gasteiger partial charge is 0.513 e. The van der Waals surface area contributed by atoms with Gasteiger partial charge in [-0.25, -0.2) is 4.79 Å². The smallest absolute Gasteiger partial charge is 0.494 e. The number of aromatic nitrogens is 1. The van der Waals surface area contributed by atoms with Crippen LogP contribution in [0.1, 0.15) is 38.8 Å². The molecule has 0 aliphatic heterocycles. The van der Waals surface area contributed by atoms with Crippen molar-refractivity contribution < 1.29 is 33.0 Å². The van der Waals surface area contributed by atoms with Gasteiger partial charge in [0.25, 0.3) is 0 Å². The van der Waals surface area contributed by atoms with E-state index >= 15 is 0 Å². The van der Waals surface area contributed by atoms with Crippen LogP contribution in [-0.2, 0) is 18.9 Å². The third kappa shape index (κ3) is 12.7. The van der Waals surface area contributed by atoms with E-state index in [1.54, 1.807) is 54.2 Å². The van der Waals surface area contributed by atoms with E-state index < -0.39 is 12.4 Å². The van der Waals surface area contributed by atoms with Gasteiger partial charge in [-0.05, 0) is 37.1 Å². The molecule has 0 aliphatic carbocycles. The van der Waals surface area contributed by atoms with Crippen molar-refractivity contribution in [1.29, 1.82) is 5.26 Å². The summed E-state index contributed by atoms with van der Waals surface area (Å²) in [5, 5.41) is 9.66. The van der Waals surface area contributed by atoms with E-state index in [0.29, 0.717) is 31.4 Å². The lowest BCUT2D eigenvalue weighted by Gasteiger charge is -2.22. The summed E-state index contributed by atoms with van der Waals surface area (Å²) in [5.74, 6) is 0.911. The Morgan fingerprint density at radius 3 is 2.44 bits per heavy atom. The number of methoxy groups -OCH3 is 1. The summed E-state index contributed by atoms with van der Waals surface area (Å²) in [6.07, 6.45) is 7.55. The molecular weight excluding hydrogens is 526 g/mol. The normalized spacial score (nSPS) is 11.9. The number of ether oxygens (including phenoxy) is 5. The maximum absolute atomic E-state index is 11.9. The first-order valence-electron chi connectivity index (χ1n) is 12.7. The molecule has 1 aromatic heterocycles. The molecule has 0 saturated heterocycles. The highest BCUT2D eigenvalue weighted by atomic mass is 35.5. The fourth-order valence-corrected chi connectivity index (χ4v) is 3.57. The van der Waals surface area contributed by atoms with Crippen LogP contribution in [0.25, 0.3) is 0 Å². The van der Waals surface area contributed by atoms with Gasteiger partial charge in [0.15, 0.2) is 12.4 Å². The van der Waals surface area contributed by atoms with E-state index in [2.05, 4.69) is 4.99 Å². The van der Waals surface area contributed by atoms with Gasteiger partial charge >= 0.3 is 12.4 Å². The van der Waals surface area contributed by atoms with Gasteiger partial charge in [-0.2, -0.15) is 9.83 Å². The van der Waals surface area contributed by atoms with Crippen molar-refractivity contribution in [1.82, 2.24) is 0 Å². The summed E-state index contributed by atoms with van der Waals surface area (Å²) in [6, 6.07) is 10.9. The van der Waals surface area contributed by atoms with E-state index in [1.165, 1.54) is 0 Å². The molecule has 0 spiro atoms. The molecule has 1 heterocycles. The molecule has 0 amide bonds. The Morgan fingerprint density at radius 1 is 1.05 bits per heavy atom. The third-order valence-corrected chi connectivity index (χ3v) is 5.76. The minimum absolute atomic E-state index is 0.0840. The first-order valence-corrected chi connectivity index (χ1v) is 13.1. The van der Waals surface area contributed by atoms with Gasteiger partial charge in [0.05, 0.1) is 32.1 Å². The lowest BCUT2D eigenvalue weighted by molar-refractivity contribution is -0.753. The van der Waals surface area contributed by atoms with Gasteiger partial charge in [0.2, 0.25) is 12.2 Å². The van der Waals surface area contributed by atoms with E-state index in [9.17, 15) is 4.79 Å². The number of hydrogen-bond acceptors (Lipinski definition) is 8. The number of nitrogens with two attached hydrogens (primary N) is 1. The Labute approximate surface area is 234 Å². The maximum atomic E-state index is 11.9. The second-order valence-corrected chi connectivity index (χ2v) is 8.80. The molecule has 1 unspecified atom stereocenters. The van der Waals surface area contributed by atoms with Crippen LogP contribution in [0.5, 0.6) is 5.75 Å². The fourth-order valence-electron chi connectivity index (χ4n) is 3.45. The van der Waals surface area contributed by atoms with Gasteiger partial charge < -0.3 is 34.3 Å². The lowest BCUT2D eigenvalue weighted by atomic mass is 10.2. The Hall–Kier alpha value is -3.59. The second kappa shape index (κ2) is 18.6. The quantitative estimate of drug-likeness (QED) is 0.0751. The van der Waals surface area contributed by atoms with Gasteiger partial charge in [-0.3, -0.25) is 0 Å². The highest BCUT2D eigenvalue weighted by Gasteiger charge is 2.20. The van der Waals surface area contributed by atoms with Crippen molar-refractivity contribution in [2.45, 2.75) is 38.8 Å². The van der Waals surface area contributed by atoms with Gasteiger partial charge in [0, 0.05) is 37.7 Å². The number of guanidine groups is 1. The van der Waals surface area contributed by atoms with Crippen LogP contribution >= 0.6 is 11.6 Å². The molecule has 2 N–H and O–H groups in total. The molecule has 0 radical (unpaired) electrons. The summed E-state index contributed by atoms with van der Waals surface area (Å²) in [5.41, 5.74) is 6.82. The van der Waals surface area contributed by atoms with E-state index in [4.69, 9.17) is 46.3 Å². The molecular formula is C27H37ClN5O6+. The average Bonchev–Trinajstić information content (AvgIpc) is 2.93. The second-order valence-electron chi connectivity index (χ2n) is 8.36. The molecule has 2 aromatic rings. The Morgan fingerprint density at radius 2 is 1.74 bits per heavy atom. The minimum Gasteiger partial charge on any atom is -0.494 e. The predicted octanol–water partition coefficient (Wildman–Crippen LogP) is 4.20. The number of anilines is 1. The number of aliphatic imine (C=N–C) groups is 1. The van der Waals surface area contributed by atoms with Gasteiger partial charge in [0.1, 0.15) is 12.4 Å². The summed E-state index contributed by atoms with van der Waals surface area (Å²) in [6.45, 7) is 4.17. The molecule has 1 aromatic carbocycles. The van der Waals surface area contributed by atoms with E-state index in [1.807, 2.05) is 24.3 Å². The van der Waals surface area contributed by atoms with Crippen LogP contribution in [0, 0.1) is 11.5 Å². The summed E-state index contributed by atoms with van der Waals surface area (Å²) in [4.78, 5) is 17.4. The molecule has 0 bridgehead atoms. The summed E-state index contributed by atoms with van der Waals surface area (Å²) >= 11 is 5.89. The van der Waals surface area contributed by atoms with Crippen LogP contribution in [0.2, 0.25) is 5.02 Å². The van der Waals surface area contributed by atoms with Crippen molar-refractivity contribution in [2.75, 3.05) is 51.6 Å². The van der Waals surface area contributed by atoms with Crippen molar-refractivity contribution in [3.05, 3.63) is 53.8 Å². The Bertz CT molecular complexity index is 1050. The molecule has 1 atom stereocenters. The first-order chi connectivity index (χ1) is 18.9. The van der Waals surface area contributed by atoms with Crippen LogP contribution in [0.15, 0.2) is 53.8 Å². The number of nitriles is 1. The molecule has 2 rings (SSSR count). The Kier molecular flexibility index (Phi) is 15.1. The summed E-state index contributed by atoms with van der Waals surface area (Å²) in [7, 11) is 1.58. The number of carbonyl (C=O) groups is 1. The van der Waals surface area contributed by atoms with Crippen molar-refractivity contribution >= 4 is 29.4 Å². The number of rotatable bonds is 17. The number of hydrogen-bond donors (Lipinski definition) is 1. The highest BCUT2D eigenvalue weighted by molar-refractivity contribution is 6.30. The molecule has 0 aliphatic rings. The van der Waals surface area contributed by atoms with Crippen LogP contribution in [0.3, 0.4) is 0 Å². The first kappa shape index (κ1) is 31.6. The van der Waals surface area contributed by atoms with E-state index in [-0.39, 0.29) is 19.2 Å². The zero-order chi connectivity index (χ0) is 28.3. The SMILES string of the molecule is COCCOCCOC(=O)OC(C)[n+]1ccc(N(CCCCCCOc2ccc(Cl)cc2)C(N)=NC#N)cc1. The topological polar surface area (TPSA) is 133 Å². The van der Waals surface area contributed by atoms with Gasteiger partial charge in [-0.15, -0.1) is 4.99 Å². The number of benzene rings is 1. The molecule has 12 heteroatoms. The number of nitrogens with zero attached hydrogens (tertiary/aromatic N) is 4. The van der Waals surface area contributed by atoms with Crippen LogP contribution < -0.4 is 19.9 Å². The minimum atomic E-state index is -0.792. The molecule has 212 valence electrons. The van der Waals surface area contributed by atoms with Gasteiger partial charge in [-0.1, -0.05) is 24.4 Å². The van der Waals surface area contributed by atoms with Crippen LogP contribution in [0.4, 0.5) is 10.5 Å². The van der Waals surface area contributed by atoms with Crippen molar-refractivity contribution in [2.24, 2.45) is 10.7 Å². The molecule has 39 heavy (non-hydrogen) atoms. The zero-order valence-corrected chi connectivity index (χ0v) is 23.2. The third-order valence-electron chi connectivity index (χ3n) is 5.51. The zero-order valence-electron chi connectivity index (χ0n) is 22.5. The highest BCUT2D eigenvalue weighted by Crippen LogP contribution is 2.17. The summed E-state index contributed by atoms with van der Waals surface area (Å²) < 4.78 is 27.9. The Balaban J connectivity index is 1.78. The number of halogens is 1. The number of unbranched alkanes of at least 4 members (excludes halogenated alkanes) is 3.